The minimum absolute atomic E-state index is 0.0166. The maximum Gasteiger partial charge on any atom is 0.418 e. The van der Waals surface area contributed by atoms with Crippen LogP contribution in [-0.4, -0.2) is 72.9 Å². The predicted octanol–water partition coefficient (Wildman–Crippen LogP) is 4.71. The highest BCUT2D eigenvalue weighted by molar-refractivity contribution is 6.31. The lowest BCUT2D eigenvalue weighted by molar-refractivity contribution is -0.196. The quantitative estimate of drug-likeness (QED) is 0.300. The molecule has 2 fully saturated rings. The second-order valence-corrected chi connectivity index (χ2v) is 11.0. The molecular weight excluding hydrogens is 621 g/mol. The summed E-state index contributed by atoms with van der Waals surface area (Å²) in [5.41, 5.74) is -0.724. The van der Waals surface area contributed by atoms with Crippen LogP contribution in [0.2, 0.25) is 10.0 Å². The van der Waals surface area contributed by atoms with Crippen LogP contribution in [0.3, 0.4) is 0 Å². The summed E-state index contributed by atoms with van der Waals surface area (Å²) in [5.74, 6) is -0.479. The third-order valence-corrected chi connectivity index (χ3v) is 7.93. The Hall–Kier alpha value is -3.27. The van der Waals surface area contributed by atoms with Crippen LogP contribution in [0, 0.1) is 12.7 Å². The van der Waals surface area contributed by atoms with Gasteiger partial charge in [0, 0.05) is 28.4 Å². The topological polar surface area (TPSA) is 117 Å². The van der Waals surface area contributed by atoms with Crippen LogP contribution in [0.15, 0.2) is 42.7 Å². The Bertz CT molecular complexity index is 1680. The molecule has 2 aliphatic heterocycles. The van der Waals surface area contributed by atoms with E-state index < -0.39 is 59.8 Å². The lowest BCUT2D eigenvalue weighted by Crippen LogP contribution is -2.52. The fourth-order valence-electron chi connectivity index (χ4n) is 5.50. The zero-order valence-electron chi connectivity index (χ0n) is 22.3. The Balaban J connectivity index is 1.44. The van der Waals surface area contributed by atoms with Crippen molar-refractivity contribution in [2.75, 3.05) is 13.7 Å². The van der Waals surface area contributed by atoms with Crippen molar-refractivity contribution in [1.29, 1.82) is 0 Å². The molecule has 2 saturated heterocycles. The second kappa shape index (κ2) is 11.0. The predicted molar refractivity (Wildman–Crippen MR) is 144 cm³/mol. The van der Waals surface area contributed by atoms with Crippen molar-refractivity contribution in [3.63, 3.8) is 0 Å². The van der Waals surface area contributed by atoms with Crippen molar-refractivity contribution in [3.05, 3.63) is 75.8 Å². The van der Waals surface area contributed by atoms with E-state index >= 15 is 0 Å². The molecule has 2 N–H and O–H groups in total. The third kappa shape index (κ3) is 5.25. The van der Waals surface area contributed by atoms with E-state index in [4.69, 9.17) is 37.4 Å². The van der Waals surface area contributed by atoms with Gasteiger partial charge in [-0.3, -0.25) is 4.68 Å². The average molecular weight is 644 g/mol. The number of aliphatic hydroxyl groups is 2. The molecule has 6 atom stereocenters. The molecule has 0 radical (unpaired) electrons. The van der Waals surface area contributed by atoms with Crippen LogP contribution in [0.5, 0.6) is 5.75 Å². The number of hydrogen-bond donors (Lipinski definition) is 2. The van der Waals surface area contributed by atoms with Crippen molar-refractivity contribution < 1.29 is 42.0 Å². The molecule has 0 bridgehead atoms. The van der Waals surface area contributed by atoms with E-state index in [9.17, 15) is 27.8 Å². The number of rotatable bonds is 5. The second-order valence-electron chi connectivity index (χ2n) is 10.1. The standard InChI is InChI=1S/C27H23Cl2F4N5O5/c1-11-35-26(38(36-11)18-5-13(28)3-4-15(18)27(31,32)33)25-22(40)21(24-23(43-25)19(39)10-42-24)37-9-12(8-34-37)14-6-17(30)16(29)7-20(14)41-2/h3-9,19,21-25,39-40H,10H2,1-2H3/t19?,21?,22?,23?,24-,25-/m1/s1. The number of methoxy groups -OCH3 is 1. The number of alkyl halides is 3. The molecule has 6 rings (SSSR count). The smallest absolute Gasteiger partial charge is 0.418 e. The maximum atomic E-state index is 14.4. The summed E-state index contributed by atoms with van der Waals surface area (Å²) in [7, 11) is 1.39. The Morgan fingerprint density at radius 1 is 1.12 bits per heavy atom. The van der Waals surface area contributed by atoms with Gasteiger partial charge in [0.05, 0.1) is 36.2 Å². The Morgan fingerprint density at radius 3 is 2.60 bits per heavy atom. The van der Waals surface area contributed by atoms with Crippen LogP contribution < -0.4 is 4.74 Å². The van der Waals surface area contributed by atoms with Gasteiger partial charge < -0.3 is 24.4 Å². The molecule has 2 aromatic heterocycles. The lowest BCUT2D eigenvalue weighted by atomic mass is 9.91. The summed E-state index contributed by atoms with van der Waals surface area (Å²) in [5, 5.41) is 30.8. The van der Waals surface area contributed by atoms with Crippen LogP contribution in [-0.2, 0) is 15.7 Å². The highest BCUT2D eigenvalue weighted by atomic mass is 35.5. The van der Waals surface area contributed by atoms with Gasteiger partial charge in [-0.05, 0) is 31.2 Å². The van der Waals surface area contributed by atoms with Crippen LogP contribution in [0.4, 0.5) is 17.6 Å². The van der Waals surface area contributed by atoms with Gasteiger partial charge >= 0.3 is 6.18 Å². The number of nitrogens with zero attached hydrogens (tertiary/aromatic N) is 5. The summed E-state index contributed by atoms with van der Waals surface area (Å²) in [6.07, 6.45) is -7.79. The minimum Gasteiger partial charge on any atom is -0.496 e. The summed E-state index contributed by atoms with van der Waals surface area (Å²) >= 11 is 12.0. The number of fused-ring (bicyclic) bond motifs is 1. The molecule has 16 heteroatoms. The van der Waals surface area contributed by atoms with E-state index in [1.54, 1.807) is 0 Å². The van der Waals surface area contributed by atoms with E-state index in [-0.39, 0.29) is 34.1 Å². The minimum atomic E-state index is -4.76. The van der Waals surface area contributed by atoms with Crippen LogP contribution in [0.25, 0.3) is 16.8 Å². The van der Waals surface area contributed by atoms with E-state index in [2.05, 4.69) is 15.2 Å². The van der Waals surface area contributed by atoms with Crippen molar-refractivity contribution in [2.24, 2.45) is 0 Å². The molecule has 4 unspecified atom stereocenters. The number of benzene rings is 2. The molecule has 10 nitrogen and oxygen atoms in total. The number of aryl methyl sites for hydroxylation is 1. The van der Waals surface area contributed by atoms with E-state index in [0.717, 1.165) is 22.9 Å². The molecule has 0 saturated carbocycles. The van der Waals surface area contributed by atoms with E-state index in [0.29, 0.717) is 11.1 Å². The van der Waals surface area contributed by atoms with Crippen molar-refractivity contribution in [1.82, 2.24) is 24.5 Å². The van der Waals surface area contributed by atoms with Gasteiger partial charge in [-0.15, -0.1) is 0 Å². The fourth-order valence-corrected chi connectivity index (χ4v) is 5.82. The van der Waals surface area contributed by atoms with Crippen LogP contribution >= 0.6 is 23.2 Å². The Morgan fingerprint density at radius 2 is 1.88 bits per heavy atom. The molecule has 4 aromatic rings. The third-order valence-electron chi connectivity index (χ3n) is 7.41. The highest BCUT2D eigenvalue weighted by Gasteiger charge is 2.54. The molecule has 0 aliphatic carbocycles. The first-order valence-corrected chi connectivity index (χ1v) is 13.6. The number of halogens is 6. The van der Waals surface area contributed by atoms with Crippen LogP contribution in [0.1, 0.15) is 29.4 Å². The summed E-state index contributed by atoms with van der Waals surface area (Å²) in [6.45, 7) is 1.34. The summed E-state index contributed by atoms with van der Waals surface area (Å²) in [4.78, 5) is 4.31. The number of hydrogen-bond acceptors (Lipinski definition) is 8. The number of aromatic nitrogens is 5. The SMILES string of the molecule is COc1cc(Cl)c(F)cc1-c1cnn(C2C(O)[C@H](c3nc(C)nn3-c3cc(Cl)ccc3C(F)(F)F)OC3C(O)CO[C@@H]32)c1. The van der Waals surface area contributed by atoms with Gasteiger partial charge in [-0.2, -0.15) is 23.4 Å². The Labute approximate surface area is 251 Å². The fraction of sp³-hybridized carbons (Fsp3) is 0.370. The van der Waals surface area contributed by atoms with E-state index in [1.807, 2.05) is 0 Å². The number of ether oxygens (including phenoxy) is 3. The van der Waals surface area contributed by atoms with Gasteiger partial charge in [-0.25, -0.2) is 14.1 Å². The average Bonchev–Trinajstić information content (AvgIpc) is 3.68. The molecule has 4 heterocycles. The van der Waals surface area contributed by atoms with Gasteiger partial charge in [0.2, 0.25) is 0 Å². The van der Waals surface area contributed by atoms with Gasteiger partial charge in [-0.1, -0.05) is 23.2 Å². The zero-order valence-corrected chi connectivity index (χ0v) is 23.8. The molecule has 0 amide bonds. The normalized spacial score (nSPS) is 25.6. The molecule has 2 aliphatic rings. The first-order chi connectivity index (χ1) is 20.4. The summed E-state index contributed by atoms with van der Waals surface area (Å²) in [6, 6.07) is 4.48. The van der Waals surface area contributed by atoms with Gasteiger partial charge in [0.1, 0.15) is 54.0 Å². The van der Waals surface area contributed by atoms with E-state index in [1.165, 1.54) is 43.2 Å². The van der Waals surface area contributed by atoms with Crippen molar-refractivity contribution >= 4 is 23.2 Å². The monoisotopic (exact) mass is 643 g/mol. The lowest BCUT2D eigenvalue weighted by Gasteiger charge is -2.41. The molecule has 2 aromatic carbocycles. The van der Waals surface area contributed by atoms with Crippen molar-refractivity contribution in [3.8, 4) is 22.6 Å². The molecule has 228 valence electrons. The highest BCUT2D eigenvalue weighted by Crippen LogP contribution is 2.45. The largest absolute Gasteiger partial charge is 0.496 e. The summed E-state index contributed by atoms with van der Waals surface area (Å²) < 4.78 is 75.8. The van der Waals surface area contributed by atoms with Gasteiger partial charge in [0.15, 0.2) is 5.82 Å². The van der Waals surface area contributed by atoms with Crippen molar-refractivity contribution in [2.45, 2.75) is 49.7 Å². The maximum absolute atomic E-state index is 14.4. The molecule has 43 heavy (non-hydrogen) atoms. The first-order valence-electron chi connectivity index (χ1n) is 12.9. The Kier molecular flexibility index (Phi) is 7.63. The molecule has 0 spiro atoms. The van der Waals surface area contributed by atoms with Gasteiger partial charge in [0.25, 0.3) is 0 Å². The first kappa shape index (κ1) is 29.8. The number of aliphatic hydroxyl groups excluding tert-OH is 2. The zero-order chi connectivity index (χ0) is 30.8. The molecular formula is C27H23Cl2F4N5O5.